The molecule has 0 radical (unpaired) electrons. The number of anilines is 1. The lowest BCUT2D eigenvalue weighted by Crippen LogP contribution is -2.21. The summed E-state index contributed by atoms with van der Waals surface area (Å²) in [5, 5.41) is 20.2. The second-order valence-corrected chi connectivity index (χ2v) is 8.09. The van der Waals surface area contributed by atoms with Crippen LogP contribution in [0, 0.1) is 12.7 Å². The van der Waals surface area contributed by atoms with Gasteiger partial charge in [0.05, 0.1) is 23.2 Å². The number of nitrogens with one attached hydrogen (secondary N) is 1. The van der Waals surface area contributed by atoms with E-state index in [1.807, 2.05) is 19.9 Å². The van der Waals surface area contributed by atoms with E-state index in [9.17, 15) is 32.3 Å². The predicted octanol–water partition coefficient (Wildman–Crippen LogP) is 5.81. The molecule has 4 rings (SSSR count). The monoisotopic (exact) mass is 532 g/mol. The number of aromatic nitrogens is 1. The summed E-state index contributed by atoms with van der Waals surface area (Å²) >= 11 is 0. The molecule has 0 bridgehead atoms. The Kier molecular flexibility index (Phi) is 8.14. The lowest BCUT2D eigenvalue weighted by atomic mass is 10.0. The Bertz CT molecular complexity index is 1550. The van der Waals surface area contributed by atoms with Gasteiger partial charge in [-0.25, -0.2) is 19.0 Å². The van der Waals surface area contributed by atoms with Crippen LogP contribution in [0.4, 0.5) is 23.2 Å². The average molecular weight is 532 g/mol. The SMILES string of the molecule is Cc1cc(C(C)Nc2ccccc2C(=O)O)c2oc(-c3ccc(F)cn3)cc(=O)c2c1.O=C(O)C(F)(F)F. The molecule has 3 N–H and O–H groups in total. The fraction of sp³-hybridized carbons (Fsp3) is 0.154. The van der Waals surface area contributed by atoms with Gasteiger partial charge in [0.15, 0.2) is 11.2 Å². The van der Waals surface area contributed by atoms with Crippen molar-refractivity contribution in [2.24, 2.45) is 0 Å². The average Bonchev–Trinajstić information content (AvgIpc) is 2.84. The van der Waals surface area contributed by atoms with E-state index < -0.39 is 23.9 Å². The van der Waals surface area contributed by atoms with Gasteiger partial charge in [0.25, 0.3) is 0 Å². The predicted molar refractivity (Wildman–Crippen MR) is 130 cm³/mol. The van der Waals surface area contributed by atoms with Crippen LogP contribution in [0.1, 0.15) is 34.5 Å². The third-order valence-electron chi connectivity index (χ3n) is 5.22. The molecule has 2 aromatic carbocycles. The summed E-state index contributed by atoms with van der Waals surface area (Å²) in [5.41, 5.74) is 2.61. The second-order valence-electron chi connectivity index (χ2n) is 8.09. The van der Waals surface area contributed by atoms with Crippen LogP contribution in [0.3, 0.4) is 0 Å². The van der Waals surface area contributed by atoms with E-state index in [2.05, 4.69) is 10.3 Å². The van der Waals surface area contributed by atoms with Crippen molar-refractivity contribution >= 4 is 28.6 Å². The van der Waals surface area contributed by atoms with Crippen molar-refractivity contribution in [1.29, 1.82) is 0 Å². The number of rotatable bonds is 5. The van der Waals surface area contributed by atoms with Gasteiger partial charge in [-0.15, -0.1) is 0 Å². The van der Waals surface area contributed by atoms with Crippen molar-refractivity contribution < 1.29 is 41.8 Å². The fourth-order valence-electron chi connectivity index (χ4n) is 3.51. The first kappa shape index (κ1) is 27.8. The molecule has 0 spiro atoms. The van der Waals surface area contributed by atoms with Crippen molar-refractivity contribution in [3.8, 4) is 11.5 Å². The number of aliphatic carboxylic acids is 1. The molecule has 8 nitrogen and oxygen atoms in total. The third kappa shape index (κ3) is 6.52. The van der Waals surface area contributed by atoms with Crippen LogP contribution in [0.15, 0.2) is 70.0 Å². The van der Waals surface area contributed by atoms with E-state index in [0.717, 1.165) is 11.8 Å². The van der Waals surface area contributed by atoms with E-state index in [1.54, 1.807) is 24.3 Å². The van der Waals surface area contributed by atoms with Gasteiger partial charge in [0.2, 0.25) is 0 Å². The van der Waals surface area contributed by atoms with Crippen LogP contribution in [-0.4, -0.2) is 33.3 Å². The topological polar surface area (TPSA) is 130 Å². The maximum absolute atomic E-state index is 13.2. The van der Waals surface area contributed by atoms with Gasteiger partial charge in [-0.3, -0.25) is 4.79 Å². The molecule has 12 heteroatoms. The van der Waals surface area contributed by atoms with Crippen LogP contribution >= 0.6 is 0 Å². The number of alkyl halides is 3. The molecule has 0 saturated heterocycles. The van der Waals surface area contributed by atoms with Crippen LogP contribution < -0.4 is 10.7 Å². The number of benzene rings is 2. The maximum atomic E-state index is 13.2. The van der Waals surface area contributed by atoms with E-state index in [0.29, 0.717) is 27.9 Å². The highest BCUT2D eigenvalue weighted by Gasteiger charge is 2.38. The van der Waals surface area contributed by atoms with Crippen molar-refractivity contribution in [1.82, 2.24) is 4.98 Å². The summed E-state index contributed by atoms with van der Waals surface area (Å²) in [6.07, 6.45) is -4.03. The van der Waals surface area contributed by atoms with Gasteiger partial charge < -0.3 is 19.9 Å². The summed E-state index contributed by atoms with van der Waals surface area (Å²) in [6, 6.07) is 13.9. The smallest absolute Gasteiger partial charge is 0.478 e. The van der Waals surface area contributed by atoms with Crippen molar-refractivity contribution in [3.05, 3.63) is 93.5 Å². The zero-order valence-corrected chi connectivity index (χ0v) is 19.8. The van der Waals surface area contributed by atoms with Gasteiger partial charge in [-0.1, -0.05) is 18.2 Å². The number of halogens is 4. The van der Waals surface area contributed by atoms with Crippen LogP contribution in [-0.2, 0) is 4.79 Å². The minimum absolute atomic E-state index is 0.143. The largest absolute Gasteiger partial charge is 0.490 e. The second kappa shape index (κ2) is 11.1. The number of carbonyl (C=O) groups is 2. The Hall–Kier alpha value is -4.74. The number of para-hydroxylation sites is 1. The Labute approximate surface area is 212 Å². The molecule has 0 fully saturated rings. The van der Waals surface area contributed by atoms with Crippen molar-refractivity contribution in [3.63, 3.8) is 0 Å². The summed E-state index contributed by atoms with van der Waals surface area (Å²) in [5.74, 6) is -4.06. The number of carboxylic acids is 2. The summed E-state index contributed by atoms with van der Waals surface area (Å²) < 4.78 is 51.0. The molecule has 1 unspecified atom stereocenters. The van der Waals surface area contributed by atoms with Gasteiger partial charge >= 0.3 is 18.1 Å². The fourth-order valence-corrected chi connectivity index (χ4v) is 3.51. The summed E-state index contributed by atoms with van der Waals surface area (Å²) in [6.45, 7) is 3.73. The Morgan fingerprint density at radius 2 is 1.71 bits per heavy atom. The number of aromatic carboxylic acids is 1. The summed E-state index contributed by atoms with van der Waals surface area (Å²) in [7, 11) is 0. The van der Waals surface area contributed by atoms with Gasteiger partial charge in [0.1, 0.15) is 17.1 Å². The molecule has 0 amide bonds. The lowest BCUT2D eigenvalue weighted by Gasteiger charge is -2.19. The Morgan fingerprint density at radius 3 is 2.29 bits per heavy atom. The van der Waals surface area contributed by atoms with Gasteiger partial charge in [-0.05, 0) is 49.7 Å². The van der Waals surface area contributed by atoms with E-state index in [1.165, 1.54) is 24.3 Å². The maximum Gasteiger partial charge on any atom is 0.490 e. The first-order valence-corrected chi connectivity index (χ1v) is 10.9. The van der Waals surface area contributed by atoms with Gasteiger partial charge in [-0.2, -0.15) is 13.2 Å². The molecule has 2 heterocycles. The number of carboxylic acid groups (broad SMARTS) is 2. The molecular weight excluding hydrogens is 512 g/mol. The Morgan fingerprint density at radius 1 is 1.05 bits per heavy atom. The zero-order chi connectivity index (χ0) is 28.2. The quantitative estimate of drug-likeness (QED) is 0.275. The van der Waals surface area contributed by atoms with Crippen LogP contribution in [0.5, 0.6) is 0 Å². The number of nitrogens with zero attached hydrogens (tertiary/aromatic N) is 1. The van der Waals surface area contributed by atoms with Crippen LogP contribution in [0.2, 0.25) is 0 Å². The molecule has 2 aromatic heterocycles. The highest BCUT2D eigenvalue weighted by Crippen LogP contribution is 2.31. The van der Waals surface area contributed by atoms with Crippen molar-refractivity contribution in [2.45, 2.75) is 26.1 Å². The Balaban J connectivity index is 0.000000505. The summed E-state index contributed by atoms with van der Waals surface area (Å²) in [4.78, 5) is 37.2. The van der Waals surface area contributed by atoms with E-state index >= 15 is 0 Å². The standard InChI is InChI=1S/C24H19FN2O4.C2HF3O2/c1-13-9-17(14(2)27-19-6-4-3-5-16(19)24(29)30)23-18(10-13)21(28)11-22(31-23)20-8-7-15(25)12-26-20;3-2(4,5)1(6)7/h3-12,14,27H,1-2H3,(H,29,30);(H,6,7). The molecule has 198 valence electrons. The molecule has 0 saturated carbocycles. The first-order valence-electron chi connectivity index (χ1n) is 10.9. The lowest BCUT2D eigenvalue weighted by molar-refractivity contribution is -0.192. The minimum Gasteiger partial charge on any atom is -0.478 e. The molecule has 0 aliphatic rings. The van der Waals surface area contributed by atoms with Crippen LogP contribution in [0.25, 0.3) is 22.4 Å². The van der Waals surface area contributed by atoms with Crippen molar-refractivity contribution in [2.75, 3.05) is 5.32 Å². The molecule has 4 aromatic rings. The third-order valence-corrected chi connectivity index (χ3v) is 5.22. The highest BCUT2D eigenvalue weighted by atomic mass is 19.4. The normalized spacial score (nSPS) is 11.8. The molecule has 1 atom stereocenters. The molecule has 38 heavy (non-hydrogen) atoms. The minimum atomic E-state index is -5.08. The number of hydrogen-bond acceptors (Lipinski definition) is 6. The number of pyridine rings is 1. The zero-order valence-electron chi connectivity index (χ0n) is 19.8. The number of fused-ring (bicyclic) bond motifs is 1. The molecular formula is C26H20F4N2O6. The molecule has 0 aliphatic heterocycles. The highest BCUT2D eigenvalue weighted by molar-refractivity contribution is 5.94. The number of hydrogen-bond donors (Lipinski definition) is 3. The number of aryl methyl sites for hydroxylation is 1. The van der Waals surface area contributed by atoms with E-state index in [4.69, 9.17) is 14.3 Å². The van der Waals surface area contributed by atoms with Gasteiger partial charge in [0, 0.05) is 17.3 Å². The first-order chi connectivity index (χ1) is 17.8. The van der Waals surface area contributed by atoms with E-state index in [-0.39, 0.29) is 22.8 Å². The molecule has 0 aliphatic carbocycles.